The Bertz CT molecular complexity index is 786. The second-order valence-corrected chi connectivity index (χ2v) is 5.01. The molecule has 0 aliphatic carbocycles. The molecule has 6 heteroatoms. The molecule has 0 N–H and O–H groups in total. The van der Waals surface area contributed by atoms with Crippen LogP contribution in [0.4, 0.5) is 0 Å². The van der Waals surface area contributed by atoms with Gasteiger partial charge < -0.3 is 9.26 Å². The van der Waals surface area contributed by atoms with Crippen molar-refractivity contribution in [1.82, 2.24) is 10.1 Å². The van der Waals surface area contributed by atoms with Gasteiger partial charge in [-0.1, -0.05) is 17.3 Å². The summed E-state index contributed by atoms with van der Waals surface area (Å²) in [5, 5.41) is 12.8. The van der Waals surface area contributed by atoms with Crippen molar-refractivity contribution in [2.75, 3.05) is 7.11 Å². The Morgan fingerprint density at radius 3 is 2.95 bits per heavy atom. The highest BCUT2D eigenvalue weighted by molar-refractivity contribution is 7.15. The third-order valence-corrected chi connectivity index (χ3v) is 3.66. The van der Waals surface area contributed by atoms with Gasteiger partial charge in [-0.15, -0.1) is 11.3 Å². The van der Waals surface area contributed by atoms with Crippen LogP contribution in [0.25, 0.3) is 22.2 Å². The maximum Gasteiger partial charge on any atom is 0.268 e. The fourth-order valence-electron chi connectivity index (χ4n) is 1.72. The standard InChI is InChI=1S/C14H9N3O2S/c1-18-10-4-2-3-9(7-10)13-16-14(19-17-13)12-6-5-11(8-15)20-12/h2-7H,1H3. The predicted octanol–water partition coefficient (Wildman–Crippen LogP) is 3.35. The Morgan fingerprint density at radius 1 is 1.30 bits per heavy atom. The van der Waals surface area contributed by atoms with Crippen LogP contribution in [0.2, 0.25) is 0 Å². The van der Waals surface area contributed by atoms with Crippen LogP contribution in [0.5, 0.6) is 5.75 Å². The first-order valence-electron chi connectivity index (χ1n) is 5.78. The van der Waals surface area contributed by atoms with Crippen LogP contribution in [0, 0.1) is 11.3 Å². The number of nitriles is 1. The molecule has 0 atom stereocenters. The molecule has 2 heterocycles. The molecule has 0 aliphatic rings. The van der Waals surface area contributed by atoms with Crippen molar-refractivity contribution in [3.63, 3.8) is 0 Å². The molecule has 0 spiro atoms. The van der Waals surface area contributed by atoms with Crippen molar-refractivity contribution in [3.8, 4) is 34.0 Å². The molecule has 0 saturated carbocycles. The van der Waals surface area contributed by atoms with Gasteiger partial charge in [0.25, 0.3) is 5.89 Å². The number of rotatable bonds is 3. The number of thiophene rings is 1. The van der Waals surface area contributed by atoms with E-state index in [1.54, 1.807) is 19.2 Å². The Labute approximate surface area is 119 Å². The molecule has 3 rings (SSSR count). The molecule has 0 radical (unpaired) electrons. The lowest BCUT2D eigenvalue weighted by Crippen LogP contribution is -1.85. The molecule has 0 bridgehead atoms. The highest BCUT2D eigenvalue weighted by atomic mass is 32.1. The monoisotopic (exact) mass is 283 g/mol. The van der Waals surface area contributed by atoms with Gasteiger partial charge >= 0.3 is 0 Å². The normalized spacial score (nSPS) is 10.2. The highest BCUT2D eigenvalue weighted by Gasteiger charge is 2.13. The summed E-state index contributed by atoms with van der Waals surface area (Å²) in [5.41, 5.74) is 0.816. The van der Waals surface area contributed by atoms with Crippen molar-refractivity contribution in [1.29, 1.82) is 5.26 Å². The first kappa shape index (κ1) is 12.4. The first-order chi connectivity index (χ1) is 9.80. The summed E-state index contributed by atoms with van der Waals surface area (Å²) in [5.74, 6) is 1.64. The van der Waals surface area contributed by atoms with Crippen molar-refractivity contribution in [3.05, 3.63) is 41.3 Å². The largest absolute Gasteiger partial charge is 0.497 e. The Morgan fingerprint density at radius 2 is 2.20 bits per heavy atom. The van der Waals surface area contributed by atoms with E-state index < -0.39 is 0 Å². The maximum atomic E-state index is 8.82. The molecule has 20 heavy (non-hydrogen) atoms. The maximum absolute atomic E-state index is 8.82. The number of ether oxygens (including phenoxy) is 1. The molecule has 1 aromatic carbocycles. The van der Waals surface area contributed by atoms with E-state index in [4.69, 9.17) is 14.5 Å². The van der Waals surface area contributed by atoms with Crippen molar-refractivity contribution in [2.45, 2.75) is 0 Å². The minimum atomic E-state index is 0.411. The molecule has 0 fully saturated rings. The van der Waals surface area contributed by atoms with Gasteiger partial charge in [0.15, 0.2) is 0 Å². The minimum Gasteiger partial charge on any atom is -0.497 e. The molecule has 5 nitrogen and oxygen atoms in total. The molecule has 2 aromatic heterocycles. The second kappa shape index (κ2) is 5.15. The highest BCUT2D eigenvalue weighted by Crippen LogP contribution is 2.29. The zero-order chi connectivity index (χ0) is 13.9. The fourth-order valence-corrected chi connectivity index (χ4v) is 2.44. The van der Waals surface area contributed by atoms with Crippen LogP contribution in [0.1, 0.15) is 4.88 Å². The van der Waals surface area contributed by atoms with Crippen LogP contribution in [0.15, 0.2) is 40.9 Å². The summed E-state index contributed by atoms with van der Waals surface area (Å²) in [6, 6.07) is 13.0. The van der Waals surface area contributed by atoms with Gasteiger partial charge in [-0.2, -0.15) is 10.2 Å². The van der Waals surface area contributed by atoms with Crippen molar-refractivity contribution >= 4 is 11.3 Å². The van der Waals surface area contributed by atoms with E-state index in [0.29, 0.717) is 16.6 Å². The van der Waals surface area contributed by atoms with Gasteiger partial charge in [0.2, 0.25) is 5.82 Å². The van der Waals surface area contributed by atoms with E-state index in [1.165, 1.54) is 11.3 Å². The van der Waals surface area contributed by atoms with E-state index >= 15 is 0 Å². The van der Waals surface area contributed by atoms with Crippen LogP contribution in [-0.2, 0) is 0 Å². The van der Waals surface area contributed by atoms with Crippen molar-refractivity contribution < 1.29 is 9.26 Å². The number of nitrogens with zero attached hydrogens (tertiary/aromatic N) is 3. The number of hydrogen-bond acceptors (Lipinski definition) is 6. The molecular weight excluding hydrogens is 274 g/mol. The minimum absolute atomic E-state index is 0.411. The Balaban J connectivity index is 1.95. The predicted molar refractivity (Wildman–Crippen MR) is 74.3 cm³/mol. The summed E-state index contributed by atoms with van der Waals surface area (Å²) >= 11 is 1.32. The zero-order valence-electron chi connectivity index (χ0n) is 10.5. The summed E-state index contributed by atoms with van der Waals surface area (Å²) < 4.78 is 10.4. The van der Waals surface area contributed by atoms with E-state index in [2.05, 4.69) is 16.2 Å². The van der Waals surface area contributed by atoms with Gasteiger partial charge in [0, 0.05) is 5.56 Å². The average Bonchev–Trinajstić information content (AvgIpc) is 3.15. The summed E-state index contributed by atoms with van der Waals surface area (Å²) in [6.45, 7) is 0. The van der Waals surface area contributed by atoms with Gasteiger partial charge in [-0.25, -0.2) is 0 Å². The third kappa shape index (κ3) is 2.27. The molecule has 0 amide bonds. The molecule has 98 valence electrons. The Hall–Kier alpha value is -2.65. The SMILES string of the molecule is COc1cccc(-c2noc(-c3ccc(C#N)s3)n2)c1. The quantitative estimate of drug-likeness (QED) is 0.737. The zero-order valence-corrected chi connectivity index (χ0v) is 11.3. The van der Waals surface area contributed by atoms with Gasteiger partial charge in [0.05, 0.1) is 12.0 Å². The smallest absolute Gasteiger partial charge is 0.268 e. The lowest BCUT2D eigenvalue weighted by atomic mass is 10.2. The fraction of sp³-hybridized carbons (Fsp3) is 0.0714. The third-order valence-electron chi connectivity index (χ3n) is 2.68. The number of benzene rings is 1. The van der Waals surface area contributed by atoms with Crippen LogP contribution in [0.3, 0.4) is 0 Å². The van der Waals surface area contributed by atoms with E-state index in [0.717, 1.165) is 16.2 Å². The van der Waals surface area contributed by atoms with Gasteiger partial charge in [-0.05, 0) is 24.3 Å². The van der Waals surface area contributed by atoms with Crippen LogP contribution < -0.4 is 4.74 Å². The number of hydrogen-bond donors (Lipinski definition) is 0. The van der Waals surface area contributed by atoms with E-state index in [9.17, 15) is 0 Å². The van der Waals surface area contributed by atoms with Gasteiger partial charge in [0.1, 0.15) is 16.7 Å². The van der Waals surface area contributed by atoms with Crippen LogP contribution >= 0.6 is 11.3 Å². The lowest BCUT2D eigenvalue weighted by Gasteiger charge is -1.99. The summed E-state index contributed by atoms with van der Waals surface area (Å²) in [7, 11) is 1.61. The Kier molecular flexibility index (Phi) is 3.19. The first-order valence-corrected chi connectivity index (χ1v) is 6.60. The van der Waals surface area contributed by atoms with E-state index in [-0.39, 0.29) is 0 Å². The lowest BCUT2D eigenvalue weighted by molar-refractivity contribution is 0.414. The molecule has 0 unspecified atom stereocenters. The molecular formula is C14H9N3O2S. The summed E-state index contributed by atoms with van der Waals surface area (Å²) in [6.07, 6.45) is 0. The van der Waals surface area contributed by atoms with E-state index in [1.807, 2.05) is 24.3 Å². The topological polar surface area (TPSA) is 71.9 Å². The molecule has 0 saturated heterocycles. The van der Waals surface area contributed by atoms with Crippen LogP contribution in [-0.4, -0.2) is 17.3 Å². The number of methoxy groups -OCH3 is 1. The molecule has 0 aliphatic heterocycles. The average molecular weight is 283 g/mol. The van der Waals surface area contributed by atoms with Gasteiger partial charge in [-0.3, -0.25) is 0 Å². The summed E-state index contributed by atoms with van der Waals surface area (Å²) in [4.78, 5) is 5.73. The van der Waals surface area contributed by atoms with Crippen molar-refractivity contribution in [2.24, 2.45) is 0 Å². The molecule has 3 aromatic rings. The number of aromatic nitrogens is 2. The second-order valence-electron chi connectivity index (χ2n) is 3.93.